The van der Waals surface area contributed by atoms with Crippen LogP contribution < -0.4 is 10.5 Å². The first-order chi connectivity index (χ1) is 10.1. The molecule has 2 N–H and O–H groups in total. The zero-order valence-corrected chi connectivity index (χ0v) is 13.8. The number of halogens is 1. The minimum Gasteiger partial charge on any atom is -0.497 e. The Bertz CT molecular complexity index is 554. The van der Waals surface area contributed by atoms with Crippen molar-refractivity contribution in [2.24, 2.45) is 5.73 Å². The lowest BCUT2D eigenvalue weighted by molar-refractivity contribution is 0.414. The van der Waals surface area contributed by atoms with E-state index in [-0.39, 0.29) is 11.3 Å². The van der Waals surface area contributed by atoms with E-state index in [9.17, 15) is 0 Å². The van der Waals surface area contributed by atoms with Gasteiger partial charge in [-0.1, -0.05) is 35.9 Å². The lowest BCUT2D eigenvalue weighted by Gasteiger charge is -2.21. The molecule has 0 saturated carbocycles. The molecule has 2 rings (SSSR count). The Morgan fingerprint density at radius 3 is 2.24 bits per heavy atom. The van der Waals surface area contributed by atoms with Gasteiger partial charge in [-0.3, -0.25) is 0 Å². The summed E-state index contributed by atoms with van der Waals surface area (Å²) in [5.74, 6) is 1.78. The van der Waals surface area contributed by atoms with Gasteiger partial charge in [0, 0.05) is 22.1 Å². The number of rotatable bonds is 6. The van der Waals surface area contributed by atoms with E-state index in [2.05, 4.69) is 24.3 Å². The van der Waals surface area contributed by atoms with Crippen LogP contribution in [-0.2, 0) is 5.75 Å². The fourth-order valence-electron chi connectivity index (χ4n) is 2.11. The summed E-state index contributed by atoms with van der Waals surface area (Å²) in [5, 5.41) is 1.02. The van der Waals surface area contributed by atoms with Crippen LogP contribution in [0.2, 0.25) is 5.02 Å². The second kappa shape index (κ2) is 7.74. The van der Waals surface area contributed by atoms with E-state index in [4.69, 9.17) is 22.1 Å². The molecule has 0 aliphatic carbocycles. The Balaban J connectivity index is 2.06. The number of nitrogens with two attached hydrogens (primary N) is 1. The SMILES string of the molecule is COc1ccc(C(SCc2ccc(Cl)cc2)C(C)N)cc1. The lowest BCUT2D eigenvalue weighted by Crippen LogP contribution is -2.22. The molecule has 2 aromatic rings. The van der Waals surface area contributed by atoms with Crippen molar-refractivity contribution in [3.8, 4) is 5.75 Å². The maximum Gasteiger partial charge on any atom is 0.118 e. The molecule has 112 valence electrons. The van der Waals surface area contributed by atoms with Crippen molar-refractivity contribution in [3.05, 3.63) is 64.7 Å². The van der Waals surface area contributed by atoms with Gasteiger partial charge in [-0.05, 0) is 42.3 Å². The predicted octanol–water partition coefficient (Wildman–Crippen LogP) is 4.67. The Morgan fingerprint density at radius 2 is 1.71 bits per heavy atom. The van der Waals surface area contributed by atoms with E-state index < -0.39 is 0 Å². The maximum absolute atomic E-state index is 6.15. The van der Waals surface area contributed by atoms with Crippen LogP contribution in [0.1, 0.15) is 23.3 Å². The van der Waals surface area contributed by atoms with Crippen molar-refractivity contribution in [3.63, 3.8) is 0 Å². The number of hydrogen-bond acceptors (Lipinski definition) is 3. The molecule has 0 fully saturated rings. The van der Waals surface area contributed by atoms with Gasteiger partial charge in [0.25, 0.3) is 0 Å². The molecule has 0 heterocycles. The summed E-state index contributed by atoms with van der Waals surface area (Å²) < 4.78 is 5.20. The van der Waals surface area contributed by atoms with Crippen molar-refractivity contribution < 1.29 is 4.74 Å². The number of thioether (sulfide) groups is 1. The molecule has 21 heavy (non-hydrogen) atoms. The van der Waals surface area contributed by atoms with Gasteiger partial charge in [0.2, 0.25) is 0 Å². The van der Waals surface area contributed by atoms with Crippen molar-refractivity contribution in [1.29, 1.82) is 0 Å². The second-order valence-electron chi connectivity index (χ2n) is 4.99. The van der Waals surface area contributed by atoms with Gasteiger partial charge >= 0.3 is 0 Å². The van der Waals surface area contributed by atoms with Gasteiger partial charge in [0.1, 0.15) is 5.75 Å². The number of methoxy groups -OCH3 is 1. The topological polar surface area (TPSA) is 35.2 Å². The van der Waals surface area contributed by atoms with Crippen molar-refractivity contribution in [2.75, 3.05) is 7.11 Å². The molecular formula is C17H20ClNOS. The molecule has 0 aliphatic heterocycles. The molecule has 0 radical (unpaired) electrons. The Morgan fingerprint density at radius 1 is 1.10 bits per heavy atom. The van der Waals surface area contributed by atoms with Crippen LogP contribution in [0.25, 0.3) is 0 Å². The van der Waals surface area contributed by atoms with E-state index in [1.54, 1.807) is 7.11 Å². The molecule has 0 bridgehead atoms. The predicted molar refractivity (Wildman–Crippen MR) is 92.1 cm³/mol. The van der Waals surface area contributed by atoms with Gasteiger partial charge in [0.05, 0.1) is 7.11 Å². The molecule has 0 saturated heterocycles. The highest BCUT2D eigenvalue weighted by Crippen LogP contribution is 2.34. The molecule has 2 aromatic carbocycles. The first-order valence-corrected chi connectivity index (χ1v) is 8.28. The van der Waals surface area contributed by atoms with Gasteiger partial charge in [-0.25, -0.2) is 0 Å². The third-order valence-corrected chi connectivity index (χ3v) is 5.08. The summed E-state index contributed by atoms with van der Waals surface area (Å²) in [7, 11) is 1.67. The van der Waals surface area contributed by atoms with Crippen LogP contribution in [-0.4, -0.2) is 13.2 Å². The molecule has 2 nitrogen and oxygen atoms in total. The molecule has 0 aliphatic rings. The standard InChI is InChI=1S/C17H20ClNOS/c1-12(19)17(14-5-9-16(20-2)10-6-14)21-11-13-3-7-15(18)8-4-13/h3-10,12,17H,11,19H2,1-2H3. The molecular weight excluding hydrogens is 302 g/mol. The summed E-state index contributed by atoms with van der Waals surface area (Å²) in [5.41, 5.74) is 8.63. The molecule has 4 heteroatoms. The fraction of sp³-hybridized carbons (Fsp3) is 0.294. The smallest absolute Gasteiger partial charge is 0.118 e. The van der Waals surface area contributed by atoms with Gasteiger partial charge in [0.15, 0.2) is 0 Å². The van der Waals surface area contributed by atoms with Crippen LogP contribution in [0.3, 0.4) is 0 Å². The highest BCUT2D eigenvalue weighted by Gasteiger charge is 2.17. The quantitative estimate of drug-likeness (QED) is 0.839. The average molecular weight is 322 g/mol. The van der Waals surface area contributed by atoms with Gasteiger partial charge in [-0.15, -0.1) is 11.8 Å². The van der Waals surface area contributed by atoms with Crippen LogP contribution in [0, 0.1) is 0 Å². The minimum absolute atomic E-state index is 0.0793. The van der Waals surface area contributed by atoms with Crippen molar-refractivity contribution in [2.45, 2.75) is 24.0 Å². The van der Waals surface area contributed by atoms with E-state index >= 15 is 0 Å². The summed E-state index contributed by atoms with van der Waals surface area (Å²) in [4.78, 5) is 0. The molecule has 2 unspecified atom stereocenters. The normalized spacial score (nSPS) is 13.7. The molecule has 2 atom stereocenters. The highest BCUT2D eigenvalue weighted by molar-refractivity contribution is 7.98. The minimum atomic E-state index is 0.0793. The maximum atomic E-state index is 6.15. The van der Waals surface area contributed by atoms with Crippen LogP contribution in [0.5, 0.6) is 5.75 Å². The summed E-state index contributed by atoms with van der Waals surface area (Å²) >= 11 is 7.76. The average Bonchev–Trinajstić information content (AvgIpc) is 2.49. The summed E-state index contributed by atoms with van der Waals surface area (Å²) in [6, 6.07) is 16.2. The molecule has 0 aromatic heterocycles. The first-order valence-electron chi connectivity index (χ1n) is 6.85. The lowest BCUT2D eigenvalue weighted by atomic mass is 10.1. The zero-order valence-electron chi connectivity index (χ0n) is 12.3. The Hall–Kier alpha value is -1.16. The van der Waals surface area contributed by atoms with Crippen LogP contribution in [0.4, 0.5) is 0 Å². The van der Waals surface area contributed by atoms with E-state index in [1.165, 1.54) is 11.1 Å². The third kappa shape index (κ3) is 4.67. The first kappa shape index (κ1) is 16.2. The molecule has 0 spiro atoms. The van der Waals surface area contributed by atoms with E-state index in [0.29, 0.717) is 0 Å². The van der Waals surface area contributed by atoms with Crippen LogP contribution in [0.15, 0.2) is 48.5 Å². The Labute approximate surface area is 135 Å². The second-order valence-corrected chi connectivity index (χ2v) is 6.56. The summed E-state index contributed by atoms with van der Waals surface area (Å²) in [6.07, 6.45) is 0. The Kier molecular flexibility index (Phi) is 5.97. The highest BCUT2D eigenvalue weighted by atomic mass is 35.5. The van der Waals surface area contributed by atoms with E-state index in [0.717, 1.165) is 16.5 Å². The number of hydrogen-bond donors (Lipinski definition) is 1. The largest absolute Gasteiger partial charge is 0.497 e. The van der Waals surface area contributed by atoms with Gasteiger partial charge in [-0.2, -0.15) is 0 Å². The monoisotopic (exact) mass is 321 g/mol. The van der Waals surface area contributed by atoms with Crippen molar-refractivity contribution in [1.82, 2.24) is 0 Å². The summed E-state index contributed by atoms with van der Waals surface area (Å²) in [6.45, 7) is 2.05. The fourth-order valence-corrected chi connectivity index (χ4v) is 3.46. The number of ether oxygens (including phenoxy) is 1. The molecule has 0 amide bonds. The zero-order chi connectivity index (χ0) is 15.2. The number of benzene rings is 2. The third-order valence-electron chi connectivity index (χ3n) is 3.26. The van der Waals surface area contributed by atoms with Gasteiger partial charge < -0.3 is 10.5 Å². The van der Waals surface area contributed by atoms with Crippen LogP contribution >= 0.6 is 23.4 Å². The van der Waals surface area contributed by atoms with E-state index in [1.807, 2.05) is 43.0 Å². The van der Waals surface area contributed by atoms with Crippen molar-refractivity contribution >= 4 is 23.4 Å².